The van der Waals surface area contributed by atoms with Crippen molar-refractivity contribution in [2.75, 3.05) is 19.6 Å². The Labute approximate surface area is 102 Å². The molecule has 0 unspecified atom stereocenters. The average Bonchev–Trinajstić information content (AvgIpc) is 3.01. The number of nitrogens with two attached hydrogens (primary N) is 1. The molecular formula is C14H30N2. The van der Waals surface area contributed by atoms with E-state index in [2.05, 4.69) is 32.6 Å². The standard InChI is InChI=1S/C14H30N2/c1-12(2)7-9-16(13-5-6-13)10-8-14(3,4)11-15/h12-13H,5-11,15H2,1-4H3. The molecule has 16 heavy (non-hydrogen) atoms. The third kappa shape index (κ3) is 5.31. The molecule has 0 bridgehead atoms. The zero-order valence-corrected chi connectivity index (χ0v) is 11.6. The van der Waals surface area contributed by atoms with E-state index >= 15 is 0 Å². The van der Waals surface area contributed by atoms with Gasteiger partial charge in [-0.1, -0.05) is 27.7 Å². The zero-order chi connectivity index (χ0) is 12.2. The minimum Gasteiger partial charge on any atom is -0.330 e. The highest BCUT2D eigenvalue weighted by Crippen LogP contribution is 2.29. The molecule has 1 aliphatic carbocycles. The first-order valence-electron chi connectivity index (χ1n) is 6.89. The van der Waals surface area contributed by atoms with Crippen LogP contribution in [0.25, 0.3) is 0 Å². The normalized spacial score (nSPS) is 17.4. The highest BCUT2D eigenvalue weighted by atomic mass is 15.2. The van der Waals surface area contributed by atoms with Crippen molar-refractivity contribution in [2.24, 2.45) is 17.1 Å². The van der Waals surface area contributed by atoms with Crippen LogP contribution < -0.4 is 5.73 Å². The van der Waals surface area contributed by atoms with E-state index in [-0.39, 0.29) is 0 Å². The fraction of sp³-hybridized carbons (Fsp3) is 1.00. The van der Waals surface area contributed by atoms with Crippen molar-refractivity contribution < 1.29 is 0 Å². The van der Waals surface area contributed by atoms with Gasteiger partial charge in [0.15, 0.2) is 0 Å². The highest BCUT2D eigenvalue weighted by molar-refractivity contribution is 4.85. The van der Waals surface area contributed by atoms with E-state index in [0.29, 0.717) is 5.41 Å². The molecule has 0 aromatic carbocycles. The van der Waals surface area contributed by atoms with E-state index < -0.39 is 0 Å². The summed E-state index contributed by atoms with van der Waals surface area (Å²) in [6.45, 7) is 12.5. The summed E-state index contributed by atoms with van der Waals surface area (Å²) in [5.41, 5.74) is 6.10. The third-order valence-electron chi connectivity index (χ3n) is 3.69. The first kappa shape index (κ1) is 14.0. The molecule has 0 saturated heterocycles. The van der Waals surface area contributed by atoms with Gasteiger partial charge in [0.05, 0.1) is 0 Å². The summed E-state index contributed by atoms with van der Waals surface area (Å²) >= 11 is 0. The highest BCUT2D eigenvalue weighted by Gasteiger charge is 2.29. The first-order valence-corrected chi connectivity index (χ1v) is 6.89. The van der Waals surface area contributed by atoms with Gasteiger partial charge in [-0.3, -0.25) is 0 Å². The van der Waals surface area contributed by atoms with Crippen LogP contribution in [0, 0.1) is 11.3 Å². The van der Waals surface area contributed by atoms with Gasteiger partial charge >= 0.3 is 0 Å². The second kappa shape index (κ2) is 6.02. The molecule has 0 atom stereocenters. The minimum atomic E-state index is 0.310. The van der Waals surface area contributed by atoms with Crippen LogP contribution in [0.15, 0.2) is 0 Å². The second-order valence-electron chi connectivity index (χ2n) is 6.57. The van der Waals surface area contributed by atoms with Crippen LogP contribution in [0.3, 0.4) is 0 Å². The molecule has 2 nitrogen and oxygen atoms in total. The van der Waals surface area contributed by atoms with Crippen LogP contribution in [-0.4, -0.2) is 30.6 Å². The van der Waals surface area contributed by atoms with Crippen molar-refractivity contribution in [3.63, 3.8) is 0 Å². The van der Waals surface area contributed by atoms with Crippen LogP contribution in [0.4, 0.5) is 0 Å². The molecule has 0 aliphatic heterocycles. The Balaban J connectivity index is 2.28. The van der Waals surface area contributed by atoms with E-state index in [1.807, 2.05) is 0 Å². The topological polar surface area (TPSA) is 29.3 Å². The third-order valence-corrected chi connectivity index (χ3v) is 3.69. The van der Waals surface area contributed by atoms with Gasteiger partial charge in [-0.25, -0.2) is 0 Å². The van der Waals surface area contributed by atoms with E-state index in [9.17, 15) is 0 Å². The molecule has 1 rings (SSSR count). The molecule has 96 valence electrons. The predicted octanol–water partition coefficient (Wildman–Crippen LogP) is 2.87. The Hall–Kier alpha value is -0.0800. The zero-order valence-electron chi connectivity index (χ0n) is 11.6. The smallest absolute Gasteiger partial charge is 0.00964 e. The Morgan fingerprint density at radius 2 is 1.88 bits per heavy atom. The molecule has 0 amide bonds. The van der Waals surface area contributed by atoms with Crippen molar-refractivity contribution in [2.45, 2.75) is 59.4 Å². The summed E-state index contributed by atoms with van der Waals surface area (Å²) < 4.78 is 0. The van der Waals surface area contributed by atoms with E-state index in [0.717, 1.165) is 18.5 Å². The molecule has 1 fully saturated rings. The fourth-order valence-corrected chi connectivity index (χ4v) is 1.89. The van der Waals surface area contributed by atoms with Gasteiger partial charge in [0.25, 0.3) is 0 Å². The van der Waals surface area contributed by atoms with Gasteiger partial charge in [0.1, 0.15) is 0 Å². The van der Waals surface area contributed by atoms with Gasteiger partial charge in [-0.15, -0.1) is 0 Å². The van der Waals surface area contributed by atoms with Crippen LogP contribution >= 0.6 is 0 Å². The lowest BCUT2D eigenvalue weighted by Crippen LogP contribution is -2.34. The molecule has 2 N–H and O–H groups in total. The molecule has 0 spiro atoms. The average molecular weight is 226 g/mol. The first-order chi connectivity index (χ1) is 7.44. The number of hydrogen-bond acceptors (Lipinski definition) is 2. The van der Waals surface area contributed by atoms with Crippen molar-refractivity contribution in [1.29, 1.82) is 0 Å². The lowest BCUT2D eigenvalue weighted by molar-refractivity contribution is 0.204. The summed E-state index contributed by atoms with van der Waals surface area (Å²) in [5, 5.41) is 0. The van der Waals surface area contributed by atoms with Gasteiger partial charge in [0.2, 0.25) is 0 Å². The molecule has 0 radical (unpaired) electrons. The Morgan fingerprint density at radius 1 is 1.25 bits per heavy atom. The molecular weight excluding hydrogens is 196 g/mol. The van der Waals surface area contributed by atoms with E-state index in [4.69, 9.17) is 5.73 Å². The minimum absolute atomic E-state index is 0.310. The number of nitrogens with zero attached hydrogens (tertiary/aromatic N) is 1. The maximum atomic E-state index is 5.79. The number of rotatable bonds is 8. The van der Waals surface area contributed by atoms with Crippen LogP contribution in [0.1, 0.15) is 53.4 Å². The van der Waals surface area contributed by atoms with Crippen molar-refractivity contribution in [1.82, 2.24) is 4.90 Å². The monoisotopic (exact) mass is 226 g/mol. The van der Waals surface area contributed by atoms with Crippen molar-refractivity contribution in [3.05, 3.63) is 0 Å². The van der Waals surface area contributed by atoms with Crippen molar-refractivity contribution in [3.8, 4) is 0 Å². The van der Waals surface area contributed by atoms with E-state index in [1.165, 1.54) is 38.8 Å². The second-order valence-corrected chi connectivity index (χ2v) is 6.57. The number of hydrogen-bond donors (Lipinski definition) is 1. The quantitative estimate of drug-likeness (QED) is 0.689. The van der Waals surface area contributed by atoms with Crippen LogP contribution in [0.5, 0.6) is 0 Å². The predicted molar refractivity (Wildman–Crippen MR) is 71.5 cm³/mol. The SMILES string of the molecule is CC(C)CCN(CCC(C)(C)CN)C1CC1. The Morgan fingerprint density at radius 3 is 2.31 bits per heavy atom. The Kier molecular flexibility index (Phi) is 5.26. The molecule has 0 heterocycles. The van der Waals surface area contributed by atoms with Gasteiger partial charge < -0.3 is 10.6 Å². The largest absolute Gasteiger partial charge is 0.330 e. The van der Waals surface area contributed by atoms with Gasteiger partial charge in [-0.2, -0.15) is 0 Å². The van der Waals surface area contributed by atoms with Crippen LogP contribution in [0.2, 0.25) is 0 Å². The Bertz CT molecular complexity index is 195. The summed E-state index contributed by atoms with van der Waals surface area (Å²) in [5.74, 6) is 0.823. The maximum Gasteiger partial charge on any atom is 0.00964 e. The van der Waals surface area contributed by atoms with Crippen molar-refractivity contribution >= 4 is 0 Å². The van der Waals surface area contributed by atoms with Gasteiger partial charge in [0, 0.05) is 6.04 Å². The molecule has 2 heteroatoms. The lowest BCUT2D eigenvalue weighted by atomic mass is 9.89. The van der Waals surface area contributed by atoms with Gasteiger partial charge in [-0.05, 0) is 56.7 Å². The summed E-state index contributed by atoms with van der Waals surface area (Å²) in [7, 11) is 0. The molecule has 0 aromatic heterocycles. The summed E-state index contributed by atoms with van der Waals surface area (Å²) in [6.07, 6.45) is 5.40. The fourth-order valence-electron chi connectivity index (χ4n) is 1.89. The maximum absolute atomic E-state index is 5.79. The summed E-state index contributed by atoms with van der Waals surface area (Å²) in [6, 6.07) is 0.896. The van der Waals surface area contributed by atoms with E-state index in [1.54, 1.807) is 0 Å². The van der Waals surface area contributed by atoms with Crippen LogP contribution in [-0.2, 0) is 0 Å². The lowest BCUT2D eigenvalue weighted by Gasteiger charge is -2.29. The molecule has 0 aromatic rings. The molecule has 1 aliphatic rings. The molecule has 1 saturated carbocycles. The summed E-state index contributed by atoms with van der Waals surface area (Å²) in [4.78, 5) is 2.69.